The van der Waals surface area contributed by atoms with Gasteiger partial charge in [-0.3, -0.25) is 0 Å². The second kappa shape index (κ2) is 28.3. The Balaban J connectivity index is 0.000000163. The number of anilines is 2. The summed E-state index contributed by atoms with van der Waals surface area (Å²) in [6, 6.07) is 36.7. The molecule has 8 rings (SSSR count). The van der Waals surface area contributed by atoms with Crippen LogP contribution in [0.4, 0.5) is 11.4 Å². The Hall–Kier alpha value is -3.94. The molecule has 4 aromatic carbocycles. The SMILES string of the molecule is CC(C)Cc1cccc(C2=CCNCC2)c1.CC(C)Cc1cccc(C2CCNCC2)c1.CC(C)Cc1cccc(N2CCC(N)CC2)c1.CC(C)Cc1cccc(N2CCNCC2)c1. The standard InChI is InChI=1S/C15H24N2.C15H23N.C15H21N.C14H22N2/c1-12(2)10-13-4-3-5-15(11-13)17-8-6-14(16)7-9-17;2*1-12(2)10-13-4-3-5-15(11-13)14-6-8-16-9-7-14;1-12(2)10-13-4-3-5-14(11-13)16-8-6-15-7-9-16/h3-5,11-12,14H,6-10,16H2,1-2H3;3-5,11-12,14,16H,6-10H2,1-2H3;3-6,11-12,16H,7-10H2,1-2H3;3-5,11-12,15H,6-10H2,1-2H3. The number of nitrogens with zero attached hydrogens (tertiary/aromatic N) is 2. The third-order valence-corrected chi connectivity index (χ3v) is 12.9. The average Bonchev–Trinajstić information content (AvgIpc) is 3.30. The minimum Gasteiger partial charge on any atom is -0.371 e. The lowest BCUT2D eigenvalue weighted by Crippen LogP contribution is -2.43. The van der Waals surface area contributed by atoms with E-state index in [1.807, 2.05) is 0 Å². The molecular formula is C59H90N6. The van der Waals surface area contributed by atoms with Crippen LogP contribution in [-0.2, 0) is 25.7 Å². The van der Waals surface area contributed by atoms with E-state index >= 15 is 0 Å². The lowest BCUT2D eigenvalue weighted by molar-refractivity contribution is 0.460. The van der Waals surface area contributed by atoms with Gasteiger partial charge in [0.15, 0.2) is 0 Å². The Morgan fingerprint density at radius 2 is 0.954 bits per heavy atom. The van der Waals surface area contributed by atoms with Crippen molar-refractivity contribution in [2.24, 2.45) is 29.4 Å². The first kappa shape index (κ1) is 52.0. The van der Waals surface area contributed by atoms with Crippen molar-refractivity contribution in [1.29, 1.82) is 0 Å². The van der Waals surface area contributed by atoms with Gasteiger partial charge in [-0.25, -0.2) is 0 Å². The monoisotopic (exact) mass is 883 g/mol. The van der Waals surface area contributed by atoms with Crippen molar-refractivity contribution in [2.75, 3.05) is 75.2 Å². The molecule has 4 aliphatic rings. The molecular weight excluding hydrogens is 793 g/mol. The highest BCUT2D eigenvalue weighted by atomic mass is 15.2. The van der Waals surface area contributed by atoms with Gasteiger partial charge in [-0.15, -0.1) is 0 Å². The number of nitrogens with two attached hydrogens (primary N) is 1. The average molecular weight is 883 g/mol. The molecule has 0 aromatic heterocycles. The van der Waals surface area contributed by atoms with Crippen LogP contribution in [0.5, 0.6) is 0 Å². The molecule has 5 N–H and O–H groups in total. The summed E-state index contributed by atoms with van der Waals surface area (Å²) < 4.78 is 0. The van der Waals surface area contributed by atoms with Crippen LogP contribution in [0.2, 0.25) is 0 Å². The van der Waals surface area contributed by atoms with E-state index in [9.17, 15) is 0 Å². The number of hydrogen-bond donors (Lipinski definition) is 4. The maximum absolute atomic E-state index is 5.94. The first-order valence-electron chi connectivity index (χ1n) is 25.8. The Morgan fingerprint density at radius 1 is 0.492 bits per heavy atom. The first-order chi connectivity index (χ1) is 31.4. The predicted molar refractivity (Wildman–Crippen MR) is 285 cm³/mol. The van der Waals surface area contributed by atoms with E-state index < -0.39 is 0 Å². The molecule has 0 unspecified atom stereocenters. The van der Waals surface area contributed by atoms with Crippen LogP contribution in [0.3, 0.4) is 0 Å². The van der Waals surface area contributed by atoms with Crippen molar-refractivity contribution >= 4 is 16.9 Å². The number of piperazine rings is 1. The first-order valence-corrected chi connectivity index (χ1v) is 25.8. The van der Waals surface area contributed by atoms with Gasteiger partial charge in [-0.1, -0.05) is 134 Å². The van der Waals surface area contributed by atoms with E-state index in [1.165, 1.54) is 96.4 Å². The van der Waals surface area contributed by atoms with Crippen LogP contribution < -0.4 is 31.5 Å². The van der Waals surface area contributed by atoms with Crippen molar-refractivity contribution in [3.05, 3.63) is 137 Å². The summed E-state index contributed by atoms with van der Waals surface area (Å²) in [6.45, 7) is 29.4. The summed E-state index contributed by atoms with van der Waals surface area (Å²) in [7, 11) is 0. The third-order valence-electron chi connectivity index (χ3n) is 12.9. The van der Waals surface area contributed by atoms with E-state index in [4.69, 9.17) is 5.73 Å². The molecule has 0 spiro atoms. The number of benzene rings is 4. The van der Waals surface area contributed by atoms with Crippen molar-refractivity contribution in [3.63, 3.8) is 0 Å². The van der Waals surface area contributed by atoms with Crippen molar-refractivity contribution in [2.45, 2.75) is 125 Å². The molecule has 4 aromatic rings. The summed E-state index contributed by atoms with van der Waals surface area (Å²) in [6.07, 6.45) is 13.0. The van der Waals surface area contributed by atoms with E-state index in [1.54, 1.807) is 5.56 Å². The summed E-state index contributed by atoms with van der Waals surface area (Å²) in [4.78, 5) is 4.94. The van der Waals surface area contributed by atoms with Gasteiger partial charge in [-0.05, 0) is 170 Å². The highest BCUT2D eigenvalue weighted by Gasteiger charge is 2.17. The van der Waals surface area contributed by atoms with E-state index in [2.05, 4.69) is 184 Å². The number of hydrogen-bond acceptors (Lipinski definition) is 6. The summed E-state index contributed by atoms with van der Waals surface area (Å²) in [5.41, 5.74) is 19.1. The molecule has 3 saturated heterocycles. The molecule has 4 aliphatic heterocycles. The molecule has 0 bridgehead atoms. The molecule has 0 saturated carbocycles. The van der Waals surface area contributed by atoms with Gasteiger partial charge in [0, 0.05) is 63.2 Å². The summed E-state index contributed by atoms with van der Waals surface area (Å²) in [5.74, 6) is 3.73. The molecule has 65 heavy (non-hydrogen) atoms. The van der Waals surface area contributed by atoms with Crippen LogP contribution in [0.25, 0.3) is 5.57 Å². The minimum absolute atomic E-state index is 0.407. The molecule has 0 radical (unpaired) electrons. The Bertz CT molecular complexity index is 1880. The Labute approximate surface area is 397 Å². The number of rotatable bonds is 12. The van der Waals surface area contributed by atoms with Crippen molar-refractivity contribution in [3.8, 4) is 0 Å². The lowest BCUT2D eigenvalue weighted by Gasteiger charge is -2.32. The summed E-state index contributed by atoms with van der Waals surface area (Å²) in [5, 5.41) is 10.2. The number of nitrogens with one attached hydrogen (secondary N) is 3. The quantitative estimate of drug-likeness (QED) is 0.114. The van der Waals surface area contributed by atoms with Crippen LogP contribution >= 0.6 is 0 Å². The zero-order valence-electron chi connectivity index (χ0n) is 42.2. The molecule has 0 atom stereocenters. The second-order valence-electron chi connectivity index (χ2n) is 20.9. The Kier molecular flexibility index (Phi) is 22.6. The van der Waals surface area contributed by atoms with Gasteiger partial charge in [0.05, 0.1) is 0 Å². The minimum atomic E-state index is 0.407. The predicted octanol–water partition coefficient (Wildman–Crippen LogP) is 11.7. The maximum atomic E-state index is 5.94. The third kappa shape index (κ3) is 19.4. The molecule has 0 aliphatic carbocycles. The normalized spacial score (nSPS) is 17.2. The summed E-state index contributed by atoms with van der Waals surface area (Å²) >= 11 is 0. The van der Waals surface area contributed by atoms with Gasteiger partial charge < -0.3 is 31.5 Å². The maximum Gasteiger partial charge on any atom is 0.0369 e. The highest BCUT2D eigenvalue weighted by Crippen LogP contribution is 2.27. The van der Waals surface area contributed by atoms with Crippen LogP contribution in [0.1, 0.15) is 127 Å². The van der Waals surface area contributed by atoms with Gasteiger partial charge >= 0.3 is 0 Å². The van der Waals surface area contributed by atoms with Crippen LogP contribution in [0, 0.1) is 23.7 Å². The van der Waals surface area contributed by atoms with Crippen LogP contribution in [-0.4, -0.2) is 71.5 Å². The van der Waals surface area contributed by atoms with Gasteiger partial charge in [0.25, 0.3) is 0 Å². The van der Waals surface area contributed by atoms with Crippen molar-refractivity contribution in [1.82, 2.24) is 16.0 Å². The smallest absolute Gasteiger partial charge is 0.0369 e. The van der Waals surface area contributed by atoms with E-state index in [-0.39, 0.29) is 0 Å². The molecule has 3 fully saturated rings. The Morgan fingerprint density at radius 3 is 1.46 bits per heavy atom. The van der Waals surface area contributed by atoms with Gasteiger partial charge in [0.1, 0.15) is 0 Å². The molecule has 4 heterocycles. The van der Waals surface area contributed by atoms with Gasteiger partial charge in [0.2, 0.25) is 0 Å². The highest BCUT2D eigenvalue weighted by molar-refractivity contribution is 5.67. The fraction of sp³-hybridized carbons (Fsp3) is 0.559. The molecule has 0 amide bonds. The van der Waals surface area contributed by atoms with Crippen molar-refractivity contribution < 1.29 is 0 Å². The van der Waals surface area contributed by atoms with E-state index in [0.29, 0.717) is 6.04 Å². The zero-order chi connectivity index (χ0) is 46.4. The fourth-order valence-electron chi connectivity index (χ4n) is 9.64. The second-order valence-corrected chi connectivity index (χ2v) is 20.9. The molecule has 6 nitrogen and oxygen atoms in total. The van der Waals surface area contributed by atoms with E-state index in [0.717, 1.165) is 101 Å². The lowest BCUT2D eigenvalue weighted by atomic mass is 9.88. The topological polar surface area (TPSA) is 68.6 Å². The largest absolute Gasteiger partial charge is 0.371 e. The molecule has 356 valence electrons. The molecule has 6 heteroatoms. The van der Waals surface area contributed by atoms with Crippen LogP contribution in [0.15, 0.2) is 103 Å². The van der Waals surface area contributed by atoms with Gasteiger partial charge in [-0.2, -0.15) is 0 Å². The fourth-order valence-corrected chi connectivity index (χ4v) is 9.64. The number of piperidine rings is 2. The zero-order valence-corrected chi connectivity index (χ0v) is 42.2.